The van der Waals surface area contributed by atoms with Crippen molar-refractivity contribution in [3.63, 3.8) is 0 Å². The van der Waals surface area contributed by atoms with Gasteiger partial charge in [0.2, 0.25) is 0 Å². The van der Waals surface area contributed by atoms with Gasteiger partial charge in [-0.25, -0.2) is 0 Å². The third-order valence-electron chi connectivity index (χ3n) is 12.1. The van der Waals surface area contributed by atoms with Crippen molar-refractivity contribution in [2.45, 2.75) is 135 Å². The lowest BCUT2D eigenvalue weighted by molar-refractivity contribution is -0.914. The first-order chi connectivity index (χ1) is 19.7. The molecule has 242 valence electrons. The molecule has 4 aliphatic rings. The van der Waals surface area contributed by atoms with Gasteiger partial charge in [-0.05, 0) is 135 Å². The van der Waals surface area contributed by atoms with Gasteiger partial charge in [-0.2, -0.15) is 0 Å². The van der Waals surface area contributed by atoms with Crippen molar-refractivity contribution < 1.29 is 17.9 Å². The molecule has 4 bridgehead atoms. The van der Waals surface area contributed by atoms with Crippen molar-refractivity contribution in [3.8, 4) is 0 Å². The van der Waals surface area contributed by atoms with E-state index in [0.717, 1.165) is 0 Å². The second kappa shape index (κ2) is 18.6. The maximum Gasteiger partial charge on any atom is 0.0784 e. The second-order valence-electron chi connectivity index (χ2n) is 16.6. The lowest BCUT2D eigenvalue weighted by Gasteiger charge is -2.38. The maximum absolute atomic E-state index is 2.63. The minimum Gasteiger partial charge on any atom is -0.326 e. The zero-order valence-corrected chi connectivity index (χ0v) is 29.1. The molecule has 0 aromatic rings. The van der Waals surface area contributed by atoms with Crippen LogP contribution >= 0.6 is 0 Å². The summed E-state index contributed by atoms with van der Waals surface area (Å²) in [5.41, 5.74) is 0. The molecule has 0 atom stereocenters. The van der Waals surface area contributed by atoms with E-state index in [2.05, 4.69) is 28.2 Å². The van der Waals surface area contributed by atoms with Gasteiger partial charge in [0.05, 0.1) is 107 Å². The predicted molar refractivity (Wildman–Crippen MR) is 180 cm³/mol. The van der Waals surface area contributed by atoms with E-state index in [-0.39, 0.29) is 0 Å². The Morgan fingerprint density at radius 2 is 0.268 bits per heavy atom. The van der Waals surface area contributed by atoms with E-state index < -0.39 is 0 Å². The van der Waals surface area contributed by atoms with Crippen LogP contribution in [0.4, 0.5) is 0 Å². The Hall–Kier alpha value is -0.160. The number of hydrogen-bond donors (Lipinski definition) is 0. The number of nitrogens with zero attached hydrogens (tertiary/aromatic N) is 4. The molecule has 0 aromatic carbocycles. The van der Waals surface area contributed by atoms with Gasteiger partial charge in [0.1, 0.15) is 0 Å². The van der Waals surface area contributed by atoms with Crippen LogP contribution in [0.25, 0.3) is 0 Å². The quantitative estimate of drug-likeness (QED) is 0.255. The van der Waals surface area contributed by atoms with Crippen LogP contribution in [0.5, 0.6) is 0 Å². The molecule has 4 fully saturated rings. The van der Waals surface area contributed by atoms with E-state index in [9.17, 15) is 0 Å². The predicted octanol–water partition coefficient (Wildman–Crippen LogP) is 8.01. The van der Waals surface area contributed by atoms with Crippen molar-refractivity contribution in [2.75, 3.05) is 107 Å². The molecule has 0 amide bonds. The van der Waals surface area contributed by atoms with Gasteiger partial charge in [0.25, 0.3) is 0 Å². The molecular formula is C37H78N4+4. The van der Waals surface area contributed by atoms with Crippen LogP contribution in [0.1, 0.15) is 135 Å². The van der Waals surface area contributed by atoms with Crippen LogP contribution in [0.15, 0.2) is 0 Å². The van der Waals surface area contributed by atoms with Crippen LogP contribution in [0, 0.1) is 0 Å². The molecule has 0 unspecified atom stereocenters. The summed E-state index contributed by atoms with van der Waals surface area (Å²) in [6.07, 6.45) is 30.5. The summed E-state index contributed by atoms with van der Waals surface area (Å²) in [6, 6.07) is 0. The Kier molecular flexibility index (Phi) is 16.0. The maximum atomic E-state index is 2.63. The fourth-order valence-corrected chi connectivity index (χ4v) is 8.85. The summed E-state index contributed by atoms with van der Waals surface area (Å²) in [7, 11) is 10.5. The lowest BCUT2D eigenvalue weighted by Crippen LogP contribution is -2.48. The minimum atomic E-state index is 1.35. The van der Waals surface area contributed by atoms with Crippen molar-refractivity contribution in [2.24, 2.45) is 0 Å². The highest BCUT2D eigenvalue weighted by molar-refractivity contribution is 4.56. The van der Waals surface area contributed by atoms with E-state index in [4.69, 9.17) is 0 Å². The Balaban J connectivity index is 1.82. The monoisotopic (exact) mass is 579 g/mol. The molecular weight excluding hydrogens is 500 g/mol. The van der Waals surface area contributed by atoms with E-state index in [1.165, 1.54) is 231 Å². The number of quaternary nitrogens is 4. The lowest BCUT2D eigenvalue weighted by atomic mass is 10.1. The van der Waals surface area contributed by atoms with E-state index >= 15 is 0 Å². The van der Waals surface area contributed by atoms with Crippen LogP contribution in [-0.4, -0.2) is 125 Å². The molecule has 0 saturated carbocycles. The van der Waals surface area contributed by atoms with Crippen molar-refractivity contribution in [3.05, 3.63) is 0 Å². The highest BCUT2D eigenvalue weighted by atomic mass is 15.3. The largest absolute Gasteiger partial charge is 0.326 e. The highest BCUT2D eigenvalue weighted by Crippen LogP contribution is 2.21. The molecule has 41 heavy (non-hydrogen) atoms. The Morgan fingerprint density at radius 3 is 0.390 bits per heavy atom. The standard InChI is InChI=1S/C37H78N4/c1-38-26-14-5-8-17-29-39(2)32-20-11-22-34-40(3,30-18-9-6-15-27-38)36-24-13-25-37-41(4,35-23-12-21-33-39)31-19-10-7-16-28-38/h5-37H2,1-4H3/q+4. The summed E-state index contributed by atoms with van der Waals surface area (Å²) in [4.78, 5) is 0. The Labute approximate surface area is 259 Å². The topological polar surface area (TPSA) is 0 Å². The number of fused-ring (bicyclic) bond motifs is 27. The molecule has 4 rings (SSSR count). The molecule has 4 nitrogen and oxygen atoms in total. The molecule has 0 radical (unpaired) electrons. The molecule has 0 N–H and O–H groups in total. The first-order valence-electron chi connectivity index (χ1n) is 19.1. The SMILES string of the molecule is C[N+]12CCCCCC[N+]3(C)CCCCC[N+](C)(CCCCCC1)CCCCC[N+](C)(CCCCCC2)CCCCC3. The number of rotatable bonds is 0. The third-order valence-corrected chi connectivity index (χ3v) is 12.1. The van der Waals surface area contributed by atoms with Crippen molar-refractivity contribution >= 4 is 0 Å². The summed E-state index contributed by atoms with van der Waals surface area (Å²) in [6.45, 7) is 17.1. The van der Waals surface area contributed by atoms with Crippen LogP contribution in [0.3, 0.4) is 0 Å². The van der Waals surface area contributed by atoms with Crippen LogP contribution in [0.2, 0.25) is 0 Å². The molecule has 4 heterocycles. The van der Waals surface area contributed by atoms with Crippen LogP contribution in [-0.2, 0) is 0 Å². The van der Waals surface area contributed by atoms with Gasteiger partial charge >= 0.3 is 0 Å². The van der Waals surface area contributed by atoms with Gasteiger partial charge in [-0.15, -0.1) is 0 Å². The third kappa shape index (κ3) is 14.4. The first-order valence-corrected chi connectivity index (χ1v) is 19.1. The minimum absolute atomic E-state index is 1.35. The van der Waals surface area contributed by atoms with Gasteiger partial charge in [0.15, 0.2) is 0 Å². The van der Waals surface area contributed by atoms with E-state index in [1.807, 2.05) is 0 Å². The summed E-state index contributed by atoms with van der Waals surface area (Å²) in [5.74, 6) is 0. The van der Waals surface area contributed by atoms with E-state index in [0.29, 0.717) is 0 Å². The average molecular weight is 579 g/mol. The van der Waals surface area contributed by atoms with Gasteiger partial charge in [0, 0.05) is 0 Å². The molecule has 4 aliphatic heterocycles. The van der Waals surface area contributed by atoms with Crippen LogP contribution < -0.4 is 0 Å². The highest BCUT2D eigenvalue weighted by Gasteiger charge is 2.26. The summed E-state index contributed by atoms with van der Waals surface area (Å²) >= 11 is 0. The fraction of sp³-hybridized carbons (Fsp3) is 1.00. The molecule has 4 saturated heterocycles. The normalized spacial score (nSPS) is 38.3. The zero-order valence-electron chi connectivity index (χ0n) is 29.1. The number of hydrogen-bond acceptors (Lipinski definition) is 0. The second-order valence-corrected chi connectivity index (χ2v) is 16.6. The van der Waals surface area contributed by atoms with Crippen molar-refractivity contribution in [1.29, 1.82) is 0 Å². The first kappa shape index (κ1) is 35.3. The molecule has 0 aromatic heterocycles. The van der Waals surface area contributed by atoms with Gasteiger partial charge < -0.3 is 17.9 Å². The zero-order chi connectivity index (χ0) is 29.3. The fourth-order valence-electron chi connectivity index (χ4n) is 8.85. The van der Waals surface area contributed by atoms with E-state index in [1.54, 1.807) is 0 Å². The van der Waals surface area contributed by atoms with Crippen molar-refractivity contribution in [1.82, 2.24) is 0 Å². The molecule has 0 spiro atoms. The summed E-state index contributed by atoms with van der Waals surface area (Å²) < 4.78 is 5.42. The molecule has 0 aliphatic carbocycles. The Bertz CT molecular complexity index is 570. The van der Waals surface area contributed by atoms with Gasteiger partial charge in [-0.3, -0.25) is 0 Å². The Morgan fingerprint density at radius 1 is 0.171 bits per heavy atom. The smallest absolute Gasteiger partial charge is 0.0784 e. The molecule has 4 heteroatoms. The van der Waals surface area contributed by atoms with Gasteiger partial charge in [-0.1, -0.05) is 0 Å². The summed E-state index contributed by atoms with van der Waals surface area (Å²) in [5, 5.41) is 0. The average Bonchev–Trinajstić information content (AvgIpc) is 2.93.